The van der Waals surface area contributed by atoms with Crippen LogP contribution in [-0.4, -0.2) is 18.7 Å². The smallest absolute Gasteiger partial charge is 0.347 e. The number of para-hydroxylation sites is 1. The van der Waals surface area contributed by atoms with Crippen LogP contribution in [0.4, 0.5) is 0 Å². The van der Waals surface area contributed by atoms with Crippen molar-refractivity contribution in [3.8, 4) is 5.75 Å². The second-order valence-electron chi connectivity index (χ2n) is 3.59. The van der Waals surface area contributed by atoms with Crippen LogP contribution in [-0.2, 0) is 9.53 Å². The number of benzene rings is 1. The van der Waals surface area contributed by atoms with E-state index in [1.165, 1.54) is 0 Å². The number of esters is 1. The molecule has 3 heteroatoms. The molecule has 0 unspecified atom stereocenters. The molecule has 0 amide bonds. The molecule has 0 heterocycles. The van der Waals surface area contributed by atoms with Gasteiger partial charge in [-0.25, -0.2) is 4.79 Å². The third kappa shape index (κ3) is 4.34. The van der Waals surface area contributed by atoms with Gasteiger partial charge in [-0.3, -0.25) is 0 Å². The molecule has 0 radical (unpaired) electrons. The SMILES string of the molecule is CCCCOC(=O)[C@H](C)Oc1ccccc1. The van der Waals surface area contributed by atoms with Gasteiger partial charge >= 0.3 is 5.97 Å². The van der Waals surface area contributed by atoms with Gasteiger partial charge < -0.3 is 9.47 Å². The van der Waals surface area contributed by atoms with Gasteiger partial charge in [0.05, 0.1) is 6.61 Å². The molecule has 1 aromatic carbocycles. The maximum Gasteiger partial charge on any atom is 0.347 e. The first-order valence-corrected chi connectivity index (χ1v) is 5.62. The van der Waals surface area contributed by atoms with Crippen molar-refractivity contribution >= 4 is 5.97 Å². The molecular formula is C13H18O3. The van der Waals surface area contributed by atoms with Gasteiger partial charge in [-0.1, -0.05) is 31.5 Å². The molecule has 1 rings (SSSR count). The summed E-state index contributed by atoms with van der Waals surface area (Å²) >= 11 is 0. The maximum absolute atomic E-state index is 11.5. The van der Waals surface area contributed by atoms with Gasteiger partial charge in [0.25, 0.3) is 0 Å². The molecular weight excluding hydrogens is 204 g/mol. The van der Waals surface area contributed by atoms with Crippen molar-refractivity contribution in [2.75, 3.05) is 6.61 Å². The van der Waals surface area contributed by atoms with E-state index in [1.807, 2.05) is 30.3 Å². The second-order valence-corrected chi connectivity index (χ2v) is 3.59. The van der Waals surface area contributed by atoms with E-state index in [4.69, 9.17) is 9.47 Å². The number of ether oxygens (including phenoxy) is 2. The minimum atomic E-state index is -0.556. The first kappa shape index (κ1) is 12.6. The Labute approximate surface area is 96.4 Å². The monoisotopic (exact) mass is 222 g/mol. The lowest BCUT2D eigenvalue weighted by Crippen LogP contribution is -2.26. The normalized spacial score (nSPS) is 11.9. The zero-order valence-corrected chi connectivity index (χ0v) is 9.81. The van der Waals surface area contributed by atoms with Gasteiger partial charge in [-0.15, -0.1) is 0 Å². The molecule has 0 aliphatic heterocycles. The Morgan fingerprint density at radius 1 is 1.31 bits per heavy atom. The molecule has 0 aliphatic carbocycles. The summed E-state index contributed by atoms with van der Waals surface area (Å²) in [5, 5.41) is 0. The highest BCUT2D eigenvalue weighted by Gasteiger charge is 2.15. The quantitative estimate of drug-likeness (QED) is 0.548. The highest BCUT2D eigenvalue weighted by molar-refractivity contribution is 5.74. The Hall–Kier alpha value is -1.51. The summed E-state index contributed by atoms with van der Waals surface area (Å²) in [6.45, 7) is 4.22. The van der Waals surface area contributed by atoms with Gasteiger partial charge in [0.2, 0.25) is 0 Å². The third-order valence-corrected chi connectivity index (χ3v) is 2.13. The van der Waals surface area contributed by atoms with Gasteiger partial charge in [0, 0.05) is 0 Å². The summed E-state index contributed by atoms with van der Waals surface area (Å²) in [4.78, 5) is 11.5. The molecule has 0 N–H and O–H groups in total. The molecule has 0 bridgehead atoms. The van der Waals surface area contributed by atoms with Crippen LogP contribution in [0.25, 0.3) is 0 Å². The zero-order valence-electron chi connectivity index (χ0n) is 9.81. The van der Waals surface area contributed by atoms with Gasteiger partial charge in [0.15, 0.2) is 6.10 Å². The number of hydrogen-bond acceptors (Lipinski definition) is 3. The fraction of sp³-hybridized carbons (Fsp3) is 0.462. The lowest BCUT2D eigenvalue weighted by molar-refractivity contribution is -0.151. The van der Waals surface area contributed by atoms with E-state index >= 15 is 0 Å². The van der Waals surface area contributed by atoms with Crippen LogP contribution >= 0.6 is 0 Å². The lowest BCUT2D eigenvalue weighted by atomic mass is 10.3. The molecule has 0 aromatic heterocycles. The van der Waals surface area contributed by atoms with Crippen LogP contribution in [0.15, 0.2) is 30.3 Å². The minimum Gasteiger partial charge on any atom is -0.479 e. The van der Waals surface area contributed by atoms with E-state index < -0.39 is 6.10 Å². The Kier molecular flexibility index (Phi) is 5.40. The Balaban J connectivity index is 2.34. The number of carbonyl (C=O) groups excluding carboxylic acids is 1. The summed E-state index contributed by atoms with van der Waals surface area (Å²) in [6, 6.07) is 9.26. The average molecular weight is 222 g/mol. The Morgan fingerprint density at radius 3 is 2.62 bits per heavy atom. The van der Waals surface area contributed by atoms with Crippen molar-refractivity contribution in [3.05, 3.63) is 30.3 Å². The average Bonchev–Trinajstić information content (AvgIpc) is 2.30. The van der Waals surface area contributed by atoms with Crippen molar-refractivity contribution in [1.29, 1.82) is 0 Å². The fourth-order valence-electron chi connectivity index (χ4n) is 1.19. The first-order chi connectivity index (χ1) is 7.74. The van der Waals surface area contributed by atoms with Crippen LogP contribution in [0.5, 0.6) is 5.75 Å². The molecule has 0 saturated heterocycles. The van der Waals surface area contributed by atoms with E-state index in [0.717, 1.165) is 12.8 Å². The van der Waals surface area contributed by atoms with Crippen molar-refractivity contribution in [2.24, 2.45) is 0 Å². The van der Waals surface area contributed by atoms with Crippen molar-refractivity contribution in [2.45, 2.75) is 32.8 Å². The Bertz CT molecular complexity index is 308. The highest BCUT2D eigenvalue weighted by atomic mass is 16.6. The predicted molar refractivity (Wildman–Crippen MR) is 62.4 cm³/mol. The summed E-state index contributed by atoms with van der Waals surface area (Å²) in [5.74, 6) is 0.375. The standard InChI is InChI=1S/C13H18O3/c1-3-4-10-15-13(14)11(2)16-12-8-6-5-7-9-12/h5-9,11H,3-4,10H2,1-2H3/t11-/m0/s1. The molecule has 0 fully saturated rings. The van der Waals surface area contributed by atoms with Gasteiger partial charge in [-0.05, 0) is 25.5 Å². The van der Waals surface area contributed by atoms with E-state index in [2.05, 4.69) is 6.92 Å². The Morgan fingerprint density at radius 2 is 2.00 bits per heavy atom. The van der Waals surface area contributed by atoms with Gasteiger partial charge in [0.1, 0.15) is 5.75 Å². The molecule has 0 aliphatic rings. The summed E-state index contributed by atoms with van der Waals surface area (Å²) < 4.78 is 10.5. The molecule has 0 spiro atoms. The fourth-order valence-corrected chi connectivity index (χ4v) is 1.19. The molecule has 3 nitrogen and oxygen atoms in total. The second kappa shape index (κ2) is 6.88. The van der Waals surface area contributed by atoms with Crippen molar-refractivity contribution in [3.63, 3.8) is 0 Å². The molecule has 88 valence electrons. The van der Waals surface area contributed by atoms with Crippen molar-refractivity contribution < 1.29 is 14.3 Å². The van der Waals surface area contributed by atoms with E-state index in [-0.39, 0.29) is 5.97 Å². The summed E-state index contributed by atoms with van der Waals surface area (Å²) in [5.41, 5.74) is 0. The molecule has 0 saturated carbocycles. The molecule has 1 aromatic rings. The van der Waals surface area contributed by atoms with Crippen LogP contribution in [0, 0.1) is 0 Å². The predicted octanol–water partition coefficient (Wildman–Crippen LogP) is 2.80. The number of rotatable bonds is 6. The summed E-state index contributed by atoms with van der Waals surface area (Å²) in [7, 11) is 0. The van der Waals surface area contributed by atoms with Crippen LogP contribution < -0.4 is 4.74 Å². The van der Waals surface area contributed by atoms with E-state index in [0.29, 0.717) is 12.4 Å². The van der Waals surface area contributed by atoms with E-state index in [1.54, 1.807) is 6.92 Å². The molecule has 1 atom stereocenters. The lowest BCUT2D eigenvalue weighted by Gasteiger charge is -2.13. The minimum absolute atomic E-state index is 0.308. The highest BCUT2D eigenvalue weighted by Crippen LogP contribution is 2.11. The van der Waals surface area contributed by atoms with Crippen LogP contribution in [0.2, 0.25) is 0 Å². The van der Waals surface area contributed by atoms with Crippen LogP contribution in [0.1, 0.15) is 26.7 Å². The number of unbranched alkanes of at least 4 members (excludes halogenated alkanes) is 1. The largest absolute Gasteiger partial charge is 0.479 e. The van der Waals surface area contributed by atoms with E-state index in [9.17, 15) is 4.79 Å². The zero-order chi connectivity index (χ0) is 11.8. The number of hydrogen-bond donors (Lipinski definition) is 0. The van der Waals surface area contributed by atoms with Gasteiger partial charge in [-0.2, -0.15) is 0 Å². The third-order valence-electron chi connectivity index (χ3n) is 2.13. The van der Waals surface area contributed by atoms with Crippen molar-refractivity contribution in [1.82, 2.24) is 0 Å². The first-order valence-electron chi connectivity index (χ1n) is 5.62. The maximum atomic E-state index is 11.5. The number of carbonyl (C=O) groups is 1. The topological polar surface area (TPSA) is 35.5 Å². The molecule has 16 heavy (non-hydrogen) atoms. The van der Waals surface area contributed by atoms with Crippen LogP contribution in [0.3, 0.4) is 0 Å². The summed E-state index contributed by atoms with van der Waals surface area (Å²) in [6.07, 6.45) is 1.35.